The fourth-order valence-electron chi connectivity index (χ4n) is 1.85. The first kappa shape index (κ1) is 12.6. The van der Waals surface area contributed by atoms with Gasteiger partial charge in [-0.3, -0.25) is 9.36 Å². The molecule has 0 saturated heterocycles. The topological polar surface area (TPSA) is 60.1 Å². The zero-order chi connectivity index (χ0) is 13.0. The van der Waals surface area contributed by atoms with E-state index in [-0.39, 0.29) is 5.56 Å². The smallest absolute Gasteiger partial charge is 0.253 e. The highest BCUT2D eigenvalue weighted by atomic mass is 16.3. The lowest BCUT2D eigenvalue weighted by Crippen LogP contribution is -2.29. The number of nitrogens with one attached hydrogen (secondary N) is 1. The van der Waals surface area contributed by atoms with Crippen LogP contribution in [0.25, 0.3) is 0 Å². The molecule has 96 valence electrons. The predicted molar refractivity (Wildman–Crippen MR) is 68.4 cm³/mol. The van der Waals surface area contributed by atoms with Crippen molar-refractivity contribution in [3.05, 3.63) is 52.1 Å². The van der Waals surface area contributed by atoms with Crippen LogP contribution in [0.5, 0.6) is 0 Å². The predicted octanol–water partition coefficient (Wildman–Crippen LogP) is 1.24. The molecule has 0 aliphatic carbocycles. The maximum atomic E-state index is 11.8. The summed E-state index contributed by atoms with van der Waals surface area (Å²) in [5, 5.41) is 3.22. The first-order chi connectivity index (χ1) is 8.66. The number of aryl methyl sites for hydroxylation is 2. The van der Waals surface area contributed by atoms with Crippen LogP contribution in [0, 0.1) is 13.8 Å². The van der Waals surface area contributed by atoms with Gasteiger partial charge in [-0.05, 0) is 26.0 Å². The van der Waals surface area contributed by atoms with Crippen LogP contribution in [-0.2, 0) is 13.1 Å². The molecule has 0 fully saturated rings. The molecule has 0 aliphatic rings. The number of rotatable bonds is 5. The summed E-state index contributed by atoms with van der Waals surface area (Å²) in [6.45, 7) is 5.65. The van der Waals surface area contributed by atoms with E-state index < -0.39 is 0 Å². The molecule has 0 aromatic carbocycles. The van der Waals surface area contributed by atoms with E-state index in [0.29, 0.717) is 19.6 Å². The van der Waals surface area contributed by atoms with E-state index in [1.807, 2.05) is 26.0 Å². The summed E-state index contributed by atoms with van der Waals surface area (Å²) in [5.41, 5.74) is 0.761. The van der Waals surface area contributed by atoms with Crippen LogP contribution >= 0.6 is 0 Å². The van der Waals surface area contributed by atoms with E-state index in [1.165, 1.54) is 0 Å². The van der Waals surface area contributed by atoms with Crippen molar-refractivity contribution in [3.63, 3.8) is 0 Å². The van der Waals surface area contributed by atoms with Crippen molar-refractivity contribution in [1.29, 1.82) is 0 Å². The van der Waals surface area contributed by atoms with E-state index in [4.69, 9.17) is 4.42 Å². The Morgan fingerprint density at radius 2 is 2.28 bits per heavy atom. The van der Waals surface area contributed by atoms with Gasteiger partial charge in [-0.15, -0.1) is 0 Å². The Balaban J connectivity index is 1.89. The minimum Gasteiger partial charge on any atom is -0.468 e. The van der Waals surface area contributed by atoms with Gasteiger partial charge >= 0.3 is 0 Å². The van der Waals surface area contributed by atoms with Crippen LogP contribution in [0.3, 0.4) is 0 Å². The molecule has 5 nitrogen and oxygen atoms in total. The third-order valence-corrected chi connectivity index (χ3v) is 2.72. The normalized spacial score (nSPS) is 10.8. The summed E-state index contributed by atoms with van der Waals surface area (Å²) in [6, 6.07) is 5.33. The largest absolute Gasteiger partial charge is 0.468 e. The molecule has 0 bridgehead atoms. The second kappa shape index (κ2) is 5.64. The van der Waals surface area contributed by atoms with E-state index in [0.717, 1.165) is 17.3 Å². The van der Waals surface area contributed by atoms with E-state index in [9.17, 15) is 4.79 Å². The maximum Gasteiger partial charge on any atom is 0.253 e. The Labute approximate surface area is 105 Å². The molecular formula is C13H17N3O2. The second-order valence-corrected chi connectivity index (χ2v) is 4.19. The number of hydrogen-bond donors (Lipinski definition) is 1. The van der Waals surface area contributed by atoms with Gasteiger partial charge in [0.1, 0.15) is 11.6 Å². The van der Waals surface area contributed by atoms with Gasteiger partial charge in [0.25, 0.3) is 5.56 Å². The van der Waals surface area contributed by atoms with E-state index in [2.05, 4.69) is 10.3 Å². The summed E-state index contributed by atoms with van der Waals surface area (Å²) in [6.07, 6.45) is 1.65. The molecule has 0 saturated carbocycles. The van der Waals surface area contributed by atoms with E-state index in [1.54, 1.807) is 16.9 Å². The number of furan rings is 1. The monoisotopic (exact) mass is 247 g/mol. The quantitative estimate of drug-likeness (QED) is 0.808. The minimum atomic E-state index is -0.000186. The highest BCUT2D eigenvalue weighted by molar-refractivity contribution is 5.01. The van der Waals surface area contributed by atoms with Gasteiger partial charge in [-0.2, -0.15) is 0 Å². The molecule has 0 atom stereocenters. The van der Waals surface area contributed by atoms with Crippen molar-refractivity contribution in [2.24, 2.45) is 0 Å². The molecule has 0 amide bonds. The standard InChI is InChI=1S/C13H17N3O2/c1-10-8-13(17)16(11(2)15-10)6-5-14-9-12-4-3-7-18-12/h3-4,7-8,14H,5-6,9H2,1-2H3. The number of aromatic nitrogens is 2. The van der Waals surface area contributed by atoms with Gasteiger partial charge in [0, 0.05) is 24.8 Å². The molecule has 0 unspecified atom stereocenters. The van der Waals surface area contributed by atoms with Gasteiger partial charge in [-0.1, -0.05) is 0 Å². The molecule has 5 heteroatoms. The molecule has 0 aliphatic heterocycles. The Hall–Kier alpha value is -1.88. The average molecular weight is 247 g/mol. The van der Waals surface area contributed by atoms with Crippen LogP contribution in [-0.4, -0.2) is 16.1 Å². The zero-order valence-corrected chi connectivity index (χ0v) is 10.6. The Bertz CT molecular complexity index is 558. The SMILES string of the molecule is Cc1cc(=O)n(CCNCc2ccco2)c(C)n1. The summed E-state index contributed by atoms with van der Waals surface area (Å²) in [5.74, 6) is 1.64. The zero-order valence-electron chi connectivity index (χ0n) is 10.6. The van der Waals surface area contributed by atoms with Gasteiger partial charge in [0.05, 0.1) is 12.8 Å². The lowest BCUT2D eigenvalue weighted by Gasteiger charge is -2.09. The first-order valence-electron chi connectivity index (χ1n) is 5.95. The lowest BCUT2D eigenvalue weighted by atomic mass is 10.4. The third kappa shape index (κ3) is 3.07. The maximum absolute atomic E-state index is 11.8. The van der Waals surface area contributed by atoms with Crippen LogP contribution in [0.1, 0.15) is 17.3 Å². The van der Waals surface area contributed by atoms with Crippen molar-refractivity contribution >= 4 is 0 Å². The van der Waals surface area contributed by atoms with Crippen molar-refractivity contribution in [1.82, 2.24) is 14.9 Å². The summed E-state index contributed by atoms with van der Waals surface area (Å²) in [4.78, 5) is 16.0. The van der Waals surface area contributed by atoms with E-state index >= 15 is 0 Å². The van der Waals surface area contributed by atoms with Gasteiger partial charge < -0.3 is 9.73 Å². The number of nitrogens with zero attached hydrogens (tertiary/aromatic N) is 2. The molecule has 18 heavy (non-hydrogen) atoms. The van der Waals surface area contributed by atoms with Crippen molar-refractivity contribution in [2.45, 2.75) is 26.9 Å². The molecule has 2 rings (SSSR count). The van der Waals surface area contributed by atoms with Crippen LogP contribution in [0.4, 0.5) is 0 Å². The molecule has 2 aromatic rings. The van der Waals surface area contributed by atoms with Gasteiger partial charge in [0.2, 0.25) is 0 Å². The fourth-order valence-corrected chi connectivity index (χ4v) is 1.85. The van der Waals surface area contributed by atoms with Crippen LogP contribution in [0.15, 0.2) is 33.7 Å². The average Bonchev–Trinajstić information content (AvgIpc) is 2.79. The Kier molecular flexibility index (Phi) is 3.94. The van der Waals surface area contributed by atoms with Crippen LogP contribution < -0.4 is 10.9 Å². The first-order valence-corrected chi connectivity index (χ1v) is 5.95. The van der Waals surface area contributed by atoms with Crippen LogP contribution in [0.2, 0.25) is 0 Å². The van der Waals surface area contributed by atoms with Crippen molar-refractivity contribution in [3.8, 4) is 0 Å². The highest BCUT2D eigenvalue weighted by Crippen LogP contribution is 1.98. The van der Waals surface area contributed by atoms with Gasteiger partial charge in [-0.25, -0.2) is 4.98 Å². The summed E-state index contributed by atoms with van der Waals surface area (Å²) in [7, 11) is 0. The molecule has 1 N–H and O–H groups in total. The van der Waals surface area contributed by atoms with Crippen molar-refractivity contribution < 1.29 is 4.42 Å². The number of hydrogen-bond acceptors (Lipinski definition) is 4. The Morgan fingerprint density at radius 1 is 1.44 bits per heavy atom. The lowest BCUT2D eigenvalue weighted by molar-refractivity contribution is 0.472. The molecule has 2 aromatic heterocycles. The van der Waals surface area contributed by atoms with Gasteiger partial charge in [0.15, 0.2) is 0 Å². The summed E-state index contributed by atoms with van der Waals surface area (Å²) < 4.78 is 6.87. The minimum absolute atomic E-state index is 0.000186. The Morgan fingerprint density at radius 3 is 2.94 bits per heavy atom. The molecule has 0 spiro atoms. The summed E-state index contributed by atoms with van der Waals surface area (Å²) >= 11 is 0. The highest BCUT2D eigenvalue weighted by Gasteiger charge is 2.02. The second-order valence-electron chi connectivity index (χ2n) is 4.19. The van der Waals surface area contributed by atoms with Crippen molar-refractivity contribution in [2.75, 3.05) is 6.54 Å². The molecule has 2 heterocycles. The molecular weight excluding hydrogens is 230 g/mol. The fraction of sp³-hybridized carbons (Fsp3) is 0.385. The molecule has 0 radical (unpaired) electrons. The third-order valence-electron chi connectivity index (χ3n) is 2.72.